The second-order valence-corrected chi connectivity index (χ2v) is 12.1. The molecule has 0 N–H and O–H groups in total. The van der Waals surface area contributed by atoms with Gasteiger partial charge in [-0.25, -0.2) is 14.4 Å². The molecule has 0 bridgehead atoms. The molecule has 0 amide bonds. The quantitative estimate of drug-likeness (QED) is 0.0789. The van der Waals surface area contributed by atoms with E-state index in [-0.39, 0.29) is 16.7 Å². The monoisotopic (exact) mass is 648 g/mol. The van der Waals surface area contributed by atoms with Crippen LogP contribution in [0.4, 0.5) is 0 Å². The molecule has 3 unspecified atom stereocenters. The van der Waals surface area contributed by atoms with Crippen LogP contribution in [0.2, 0.25) is 0 Å². The van der Waals surface area contributed by atoms with E-state index in [4.69, 9.17) is 14.2 Å². The molecular formula is C42H48O6. The van der Waals surface area contributed by atoms with Gasteiger partial charge in [-0.05, 0) is 73.4 Å². The van der Waals surface area contributed by atoms with Gasteiger partial charge in [-0.15, -0.1) is 0 Å². The van der Waals surface area contributed by atoms with Gasteiger partial charge in [0.15, 0.2) is 0 Å². The highest BCUT2D eigenvalue weighted by molar-refractivity contribution is 6.05. The Bertz CT molecular complexity index is 1570. The van der Waals surface area contributed by atoms with Crippen molar-refractivity contribution in [2.24, 2.45) is 0 Å². The minimum absolute atomic E-state index is 0.0287. The number of rotatable bonds is 18. The minimum atomic E-state index is -0.697. The van der Waals surface area contributed by atoms with E-state index >= 15 is 0 Å². The fourth-order valence-electron chi connectivity index (χ4n) is 5.65. The molecule has 4 aromatic carbocycles. The Hall–Kier alpha value is -4.71. The van der Waals surface area contributed by atoms with E-state index in [1.165, 1.54) is 18.2 Å². The Morgan fingerprint density at radius 3 is 1.19 bits per heavy atom. The standard InChI is InChI=1S/C42H48O6/c1-4-7-25-37(31-19-13-10-14-20-31)46-40(43)34-28-29-35(41(44)47-38(26-8-5-2)32-21-15-11-16-22-32)36(30-34)42(45)48-39(27-9-6-3)33-23-17-12-18-24-33/h10-24,28-30,37-39H,4-9,25-27H2,1-3H3. The summed E-state index contributed by atoms with van der Waals surface area (Å²) in [7, 11) is 0. The molecule has 3 atom stereocenters. The van der Waals surface area contributed by atoms with Gasteiger partial charge in [0.2, 0.25) is 0 Å². The lowest BCUT2D eigenvalue weighted by atomic mass is 10.0. The van der Waals surface area contributed by atoms with Crippen molar-refractivity contribution in [3.8, 4) is 0 Å². The molecule has 0 heterocycles. The third kappa shape index (κ3) is 10.4. The molecule has 0 aliphatic heterocycles. The molecule has 0 spiro atoms. The number of benzene rings is 4. The van der Waals surface area contributed by atoms with Gasteiger partial charge in [0.1, 0.15) is 18.3 Å². The lowest BCUT2D eigenvalue weighted by Gasteiger charge is -2.22. The lowest BCUT2D eigenvalue weighted by molar-refractivity contribution is 0.0221. The number of ether oxygens (including phenoxy) is 3. The Labute approximate surface area is 285 Å². The fraction of sp³-hybridized carbons (Fsp3) is 0.357. The van der Waals surface area contributed by atoms with Crippen LogP contribution >= 0.6 is 0 Å². The molecule has 0 aromatic heterocycles. The van der Waals surface area contributed by atoms with Crippen molar-refractivity contribution in [1.29, 1.82) is 0 Å². The summed E-state index contributed by atoms with van der Waals surface area (Å²) in [6, 6.07) is 33.2. The van der Waals surface area contributed by atoms with Gasteiger partial charge in [-0.2, -0.15) is 0 Å². The molecule has 6 heteroatoms. The average molecular weight is 649 g/mol. The van der Waals surface area contributed by atoms with Crippen molar-refractivity contribution < 1.29 is 28.6 Å². The molecule has 0 radical (unpaired) electrons. The first kappa shape index (κ1) is 36.1. The summed E-state index contributed by atoms with van der Waals surface area (Å²) in [4.78, 5) is 41.5. The third-order valence-corrected chi connectivity index (χ3v) is 8.42. The van der Waals surface area contributed by atoms with Crippen molar-refractivity contribution in [2.75, 3.05) is 0 Å². The Morgan fingerprint density at radius 2 is 0.812 bits per heavy atom. The smallest absolute Gasteiger partial charge is 0.339 e. The molecule has 6 nitrogen and oxygen atoms in total. The zero-order valence-electron chi connectivity index (χ0n) is 28.4. The average Bonchev–Trinajstić information content (AvgIpc) is 3.14. The van der Waals surface area contributed by atoms with E-state index in [0.717, 1.165) is 55.2 Å². The predicted octanol–water partition coefficient (Wildman–Crippen LogP) is 11.0. The highest BCUT2D eigenvalue weighted by atomic mass is 16.6. The first-order chi connectivity index (χ1) is 23.4. The van der Waals surface area contributed by atoms with Crippen LogP contribution in [0.25, 0.3) is 0 Å². The first-order valence-electron chi connectivity index (χ1n) is 17.4. The topological polar surface area (TPSA) is 78.9 Å². The van der Waals surface area contributed by atoms with Gasteiger partial charge in [-0.3, -0.25) is 0 Å². The van der Waals surface area contributed by atoms with Crippen LogP contribution in [-0.4, -0.2) is 17.9 Å². The van der Waals surface area contributed by atoms with E-state index in [0.29, 0.717) is 19.3 Å². The number of carbonyl (C=O) groups excluding carboxylic acids is 3. The van der Waals surface area contributed by atoms with E-state index in [1.807, 2.05) is 91.0 Å². The van der Waals surface area contributed by atoms with Crippen molar-refractivity contribution in [3.05, 3.63) is 143 Å². The summed E-state index contributed by atoms with van der Waals surface area (Å²) in [6.45, 7) is 6.26. The minimum Gasteiger partial charge on any atom is -0.454 e. The summed E-state index contributed by atoms with van der Waals surface area (Å²) in [5.74, 6) is -1.93. The molecule has 48 heavy (non-hydrogen) atoms. The van der Waals surface area contributed by atoms with Crippen molar-refractivity contribution in [3.63, 3.8) is 0 Å². The second-order valence-electron chi connectivity index (χ2n) is 12.1. The van der Waals surface area contributed by atoms with Crippen LogP contribution in [0.1, 0.15) is 145 Å². The molecule has 4 rings (SSSR count). The van der Waals surface area contributed by atoms with Gasteiger partial charge in [0.25, 0.3) is 0 Å². The van der Waals surface area contributed by atoms with E-state index < -0.39 is 36.2 Å². The summed E-state index contributed by atoms with van der Waals surface area (Å²) in [5, 5.41) is 0. The summed E-state index contributed by atoms with van der Waals surface area (Å²) < 4.78 is 18.2. The van der Waals surface area contributed by atoms with Crippen LogP contribution in [0.5, 0.6) is 0 Å². The molecule has 252 valence electrons. The lowest BCUT2D eigenvalue weighted by Crippen LogP contribution is -2.20. The summed E-state index contributed by atoms with van der Waals surface area (Å²) >= 11 is 0. The maximum Gasteiger partial charge on any atom is 0.339 e. The number of esters is 3. The first-order valence-corrected chi connectivity index (χ1v) is 17.4. The van der Waals surface area contributed by atoms with Gasteiger partial charge in [0, 0.05) is 0 Å². The van der Waals surface area contributed by atoms with E-state index in [1.54, 1.807) is 0 Å². The molecule has 0 aliphatic rings. The molecule has 0 saturated carbocycles. The Morgan fingerprint density at radius 1 is 0.458 bits per heavy atom. The third-order valence-electron chi connectivity index (χ3n) is 8.42. The maximum absolute atomic E-state index is 14.0. The van der Waals surface area contributed by atoms with Crippen molar-refractivity contribution in [1.82, 2.24) is 0 Å². The molecular weight excluding hydrogens is 600 g/mol. The summed E-state index contributed by atoms with van der Waals surface area (Å²) in [5.41, 5.74) is 2.82. The predicted molar refractivity (Wildman–Crippen MR) is 189 cm³/mol. The Kier molecular flexibility index (Phi) is 14.4. The molecule has 0 saturated heterocycles. The number of hydrogen-bond acceptors (Lipinski definition) is 6. The molecule has 0 aliphatic carbocycles. The number of hydrogen-bond donors (Lipinski definition) is 0. The molecule has 4 aromatic rings. The van der Waals surface area contributed by atoms with Crippen LogP contribution < -0.4 is 0 Å². The van der Waals surface area contributed by atoms with Gasteiger partial charge in [0.05, 0.1) is 16.7 Å². The maximum atomic E-state index is 14.0. The van der Waals surface area contributed by atoms with E-state index in [9.17, 15) is 14.4 Å². The number of unbranched alkanes of at least 4 members (excludes halogenated alkanes) is 3. The van der Waals surface area contributed by atoms with Crippen molar-refractivity contribution >= 4 is 17.9 Å². The number of carbonyl (C=O) groups is 3. The zero-order valence-corrected chi connectivity index (χ0v) is 28.4. The van der Waals surface area contributed by atoms with E-state index in [2.05, 4.69) is 20.8 Å². The van der Waals surface area contributed by atoms with Crippen LogP contribution in [0, 0.1) is 0 Å². The largest absolute Gasteiger partial charge is 0.454 e. The van der Waals surface area contributed by atoms with Gasteiger partial charge >= 0.3 is 17.9 Å². The second kappa shape index (κ2) is 19.2. The Balaban J connectivity index is 1.68. The normalized spacial score (nSPS) is 12.8. The van der Waals surface area contributed by atoms with Crippen LogP contribution in [0.15, 0.2) is 109 Å². The molecule has 0 fully saturated rings. The zero-order chi connectivity index (χ0) is 34.1. The highest BCUT2D eigenvalue weighted by Gasteiger charge is 2.28. The van der Waals surface area contributed by atoms with Crippen molar-refractivity contribution in [2.45, 2.75) is 96.9 Å². The van der Waals surface area contributed by atoms with Gasteiger partial charge in [-0.1, -0.05) is 131 Å². The van der Waals surface area contributed by atoms with Crippen LogP contribution in [0.3, 0.4) is 0 Å². The van der Waals surface area contributed by atoms with Crippen LogP contribution in [-0.2, 0) is 14.2 Å². The summed E-state index contributed by atoms with van der Waals surface area (Å²) in [6.07, 6.45) is 5.90. The fourth-order valence-corrected chi connectivity index (χ4v) is 5.65. The highest BCUT2D eigenvalue weighted by Crippen LogP contribution is 2.30. The SMILES string of the molecule is CCCCC(OC(=O)c1ccc(C(=O)OC(CCCC)c2ccccc2)c(C(=O)OC(CCCC)c2ccccc2)c1)c1ccccc1. The van der Waals surface area contributed by atoms with Gasteiger partial charge < -0.3 is 14.2 Å².